The Hall–Kier alpha value is -3.75. The van der Waals surface area contributed by atoms with Crippen LogP contribution in [0.3, 0.4) is 0 Å². The lowest BCUT2D eigenvalue weighted by Crippen LogP contribution is -2.46. The number of benzene rings is 2. The maximum absolute atomic E-state index is 12.7. The predicted octanol–water partition coefficient (Wildman–Crippen LogP) is 2.33. The van der Waals surface area contributed by atoms with Gasteiger partial charge in [-0.05, 0) is 24.1 Å². The van der Waals surface area contributed by atoms with E-state index in [-0.39, 0.29) is 18.0 Å². The van der Waals surface area contributed by atoms with Gasteiger partial charge in [0.25, 0.3) is 11.8 Å². The topological polar surface area (TPSA) is 112 Å². The van der Waals surface area contributed by atoms with E-state index in [9.17, 15) is 14.4 Å². The molecular weight excluding hydrogens is 428 g/mol. The van der Waals surface area contributed by atoms with Gasteiger partial charge >= 0.3 is 5.97 Å². The number of para-hydroxylation sites is 1. The van der Waals surface area contributed by atoms with Crippen molar-refractivity contribution in [2.45, 2.75) is 26.4 Å². The third-order valence-corrected chi connectivity index (χ3v) is 4.83. The lowest BCUT2D eigenvalue weighted by atomic mass is 10.0. The molecule has 0 saturated carbocycles. The first-order valence-corrected chi connectivity index (χ1v) is 10.4. The van der Waals surface area contributed by atoms with E-state index in [4.69, 9.17) is 18.9 Å². The van der Waals surface area contributed by atoms with E-state index in [1.165, 1.54) is 26.4 Å². The van der Waals surface area contributed by atoms with Crippen molar-refractivity contribution in [1.29, 1.82) is 0 Å². The van der Waals surface area contributed by atoms with Crippen LogP contribution in [0.5, 0.6) is 17.2 Å². The van der Waals surface area contributed by atoms with E-state index in [0.29, 0.717) is 17.2 Å². The van der Waals surface area contributed by atoms with Crippen molar-refractivity contribution in [2.24, 2.45) is 5.92 Å². The molecule has 0 spiro atoms. The number of carbonyl (C=O) groups is 3. The molecule has 0 radical (unpaired) electrons. The van der Waals surface area contributed by atoms with Crippen molar-refractivity contribution in [2.75, 3.05) is 27.9 Å². The lowest BCUT2D eigenvalue weighted by Gasteiger charge is -2.21. The van der Waals surface area contributed by atoms with Crippen molar-refractivity contribution in [1.82, 2.24) is 10.6 Å². The minimum atomic E-state index is -0.947. The highest BCUT2D eigenvalue weighted by atomic mass is 16.5. The van der Waals surface area contributed by atoms with Crippen LogP contribution < -0.4 is 24.8 Å². The van der Waals surface area contributed by atoms with Crippen LogP contribution in [0.2, 0.25) is 0 Å². The second kappa shape index (κ2) is 12.3. The van der Waals surface area contributed by atoms with Gasteiger partial charge in [0.1, 0.15) is 23.3 Å². The molecule has 0 bridgehead atoms. The number of ether oxygens (including phenoxy) is 4. The Morgan fingerprint density at radius 1 is 0.909 bits per heavy atom. The molecule has 2 N–H and O–H groups in total. The molecule has 0 aromatic heterocycles. The number of hydrogen-bond acceptors (Lipinski definition) is 7. The van der Waals surface area contributed by atoms with Gasteiger partial charge in [-0.15, -0.1) is 0 Å². The summed E-state index contributed by atoms with van der Waals surface area (Å²) >= 11 is 0. The zero-order valence-corrected chi connectivity index (χ0v) is 19.5. The van der Waals surface area contributed by atoms with Gasteiger partial charge in [-0.3, -0.25) is 9.59 Å². The van der Waals surface area contributed by atoms with Crippen LogP contribution in [0, 0.1) is 5.92 Å². The second-order valence-corrected chi connectivity index (χ2v) is 7.49. The van der Waals surface area contributed by atoms with E-state index >= 15 is 0 Å². The fourth-order valence-electron chi connectivity index (χ4n) is 2.98. The van der Waals surface area contributed by atoms with E-state index < -0.39 is 30.4 Å². The zero-order chi connectivity index (χ0) is 24.4. The van der Waals surface area contributed by atoms with Crippen molar-refractivity contribution in [3.63, 3.8) is 0 Å². The van der Waals surface area contributed by atoms with Gasteiger partial charge in [-0.2, -0.15) is 0 Å². The van der Waals surface area contributed by atoms with Gasteiger partial charge < -0.3 is 29.6 Å². The number of esters is 1. The third-order valence-electron chi connectivity index (χ3n) is 4.83. The summed E-state index contributed by atoms with van der Waals surface area (Å²) in [5.74, 6) is -0.424. The molecule has 2 aromatic rings. The first-order chi connectivity index (χ1) is 15.8. The standard InChI is InChI=1S/C24H30N2O7/c1-15(2)22(26-23(28)17-10-18(30-3)12-19(11-17)31-4)24(29)33-14-21(27)25-13-16-8-6-7-9-20(16)32-5/h6-12,15,22H,13-14H2,1-5H3,(H,25,27)(H,26,28)/t22-/m0/s1. The number of nitrogens with one attached hydrogen (secondary N) is 2. The fraction of sp³-hybridized carbons (Fsp3) is 0.375. The molecule has 0 aliphatic heterocycles. The highest BCUT2D eigenvalue weighted by Crippen LogP contribution is 2.23. The molecule has 2 amide bonds. The van der Waals surface area contributed by atoms with Crippen LogP contribution in [-0.4, -0.2) is 51.8 Å². The van der Waals surface area contributed by atoms with E-state index in [1.807, 2.05) is 18.2 Å². The highest BCUT2D eigenvalue weighted by molar-refractivity contribution is 5.97. The summed E-state index contributed by atoms with van der Waals surface area (Å²) in [6, 6.07) is 11.0. The average molecular weight is 459 g/mol. The van der Waals surface area contributed by atoms with Crippen LogP contribution in [0.25, 0.3) is 0 Å². The Bertz CT molecular complexity index is 953. The second-order valence-electron chi connectivity index (χ2n) is 7.49. The first-order valence-electron chi connectivity index (χ1n) is 10.4. The van der Waals surface area contributed by atoms with Gasteiger partial charge in [0.2, 0.25) is 0 Å². The summed E-state index contributed by atoms with van der Waals surface area (Å²) in [5.41, 5.74) is 1.06. The Kier molecular flexibility index (Phi) is 9.53. The van der Waals surface area contributed by atoms with Crippen molar-refractivity contribution in [3.05, 3.63) is 53.6 Å². The molecular formula is C24H30N2O7. The molecule has 0 aliphatic rings. The fourth-order valence-corrected chi connectivity index (χ4v) is 2.98. The third kappa shape index (κ3) is 7.41. The predicted molar refractivity (Wildman–Crippen MR) is 121 cm³/mol. The van der Waals surface area contributed by atoms with Gasteiger partial charge in [-0.25, -0.2) is 4.79 Å². The van der Waals surface area contributed by atoms with Crippen LogP contribution >= 0.6 is 0 Å². The summed E-state index contributed by atoms with van der Waals surface area (Å²) in [5, 5.41) is 5.34. The largest absolute Gasteiger partial charge is 0.497 e. The lowest BCUT2D eigenvalue weighted by molar-refractivity contribution is -0.151. The van der Waals surface area contributed by atoms with Crippen LogP contribution in [-0.2, 0) is 20.9 Å². The SMILES string of the molecule is COc1cc(OC)cc(C(=O)N[C@H](C(=O)OCC(=O)NCc2ccccc2OC)C(C)C)c1. The minimum Gasteiger partial charge on any atom is -0.497 e. The van der Waals surface area contributed by atoms with Crippen LogP contribution in [0.15, 0.2) is 42.5 Å². The maximum atomic E-state index is 12.7. The number of methoxy groups -OCH3 is 3. The minimum absolute atomic E-state index is 0.225. The van der Waals surface area contributed by atoms with Crippen LogP contribution in [0.4, 0.5) is 0 Å². The Balaban J connectivity index is 1.95. The summed E-state index contributed by atoms with van der Waals surface area (Å²) in [7, 11) is 4.50. The van der Waals surface area contributed by atoms with E-state index in [2.05, 4.69) is 10.6 Å². The number of carbonyl (C=O) groups excluding carboxylic acids is 3. The number of amides is 2. The monoisotopic (exact) mass is 458 g/mol. The molecule has 0 fully saturated rings. The molecule has 9 heteroatoms. The van der Waals surface area contributed by atoms with E-state index in [0.717, 1.165) is 5.56 Å². The highest BCUT2D eigenvalue weighted by Gasteiger charge is 2.27. The quantitative estimate of drug-likeness (QED) is 0.497. The number of rotatable bonds is 11. The molecule has 178 valence electrons. The average Bonchev–Trinajstić information content (AvgIpc) is 2.83. The number of hydrogen-bond donors (Lipinski definition) is 2. The molecule has 33 heavy (non-hydrogen) atoms. The Morgan fingerprint density at radius 3 is 2.12 bits per heavy atom. The van der Waals surface area contributed by atoms with Gasteiger partial charge in [0.15, 0.2) is 6.61 Å². The molecule has 0 saturated heterocycles. The molecule has 2 rings (SSSR count). The summed E-state index contributed by atoms with van der Waals surface area (Å²) in [6.07, 6.45) is 0. The smallest absolute Gasteiger partial charge is 0.329 e. The van der Waals surface area contributed by atoms with Crippen LogP contribution in [0.1, 0.15) is 29.8 Å². The van der Waals surface area contributed by atoms with Crippen molar-refractivity contribution < 1.29 is 33.3 Å². The van der Waals surface area contributed by atoms with Crippen molar-refractivity contribution >= 4 is 17.8 Å². The molecule has 0 heterocycles. The van der Waals surface area contributed by atoms with Gasteiger partial charge in [-0.1, -0.05) is 32.0 Å². The molecule has 1 atom stereocenters. The maximum Gasteiger partial charge on any atom is 0.329 e. The summed E-state index contributed by atoms with van der Waals surface area (Å²) in [6.45, 7) is 3.28. The molecule has 0 aliphatic carbocycles. The Morgan fingerprint density at radius 2 is 1.55 bits per heavy atom. The zero-order valence-electron chi connectivity index (χ0n) is 19.5. The van der Waals surface area contributed by atoms with E-state index in [1.54, 1.807) is 33.1 Å². The van der Waals surface area contributed by atoms with Gasteiger partial charge in [0.05, 0.1) is 21.3 Å². The molecule has 9 nitrogen and oxygen atoms in total. The first kappa shape index (κ1) is 25.5. The Labute approximate surface area is 193 Å². The van der Waals surface area contributed by atoms with Gasteiger partial charge in [0, 0.05) is 23.7 Å². The molecule has 2 aromatic carbocycles. The molecule has 0 unspecified atom stereocenters. The summed E-state index contributed by atoms with van der Waals surface area (Å²) in [4.78, 5) is 37.5. The normalized spacial score (nSPS) is 11.3. The van der Waals surface area contributed by atoms with Crippen molar-refractivity contribution in [3.8, 4) is 17.2 Å². The summed E-state index contributed by atoms with van der Waals surface area (Å²) < 4.78 is 20.8.